The van der Waals surface area contributed by atoms with Crippen molar-refractivity contribution >= 4 is 13.5 Å². The van der Waals surface area contributed by atoms with Crippen LogP contribution in [0.25, 0.3) is 0 Å². The second kappa shape index (κ2) is 8.88. The van der Waals surface area contributed by atoms with Crippen molar-refractivity contribution in [3.05, 3.63) is 60.2 Å². The van der Waals surface area contributed by atoms with Crippen LogP contribution in [0.2, 0.25) is 0 Å². The highest BCUT2D eigenvalue weighted by Gasteiger charge is 2.31. The van der Waals surface area contributed by atoms with E-state index < -0.39 is 19.5 Å². The van der Waals surface area contributed by atoms with E-state index in [9.17, 15) is 14.5 Å². The number of carbonyl (C=O) groups excluding carboxylic acids is 1. The van der Waals surface area contributed by atoms with Crippen LogP contribution in [-0.2, 0) is 20.3 Å². The fourth-order valence-corrected chi connectivity index (χ4v) is 4.34. The molecule has 2 aromatic carbocycles. The Morgan fingerprint density at radius 1 is 1.08 bits per heavy atom. The summed E-state index contributed by atoms with van der Waals surface area (Å²) < 4.78 is 24.3. The lowest BCUT2D eigenvalue weighted by Crippen LogP contribution is -2.36. The number of phenols is 1. The largest absolute Gasteiger partial charge is 0.508 e. The molecule has 1 unspecified atom stereocenters. The number of carbonyl (C=O) groups is 1. The Bertz CT molecular complexity index is 761. The number of ether oxygens (including phenoxy) is 1. The maximum atomic E-state index is 13.4. The minimum atomic E-state index is -3.46. The monoisotopic (exact) mass is 377 g/mol. The maximum absolute atomic E-state index is 13.4. The van der Waals surface area contributed by atoms with Gasteiger partial charge in [-0.25, -0.2) is 5.09 Å². The highest BCUT2D eigenvalue weighted by Crippen LogP contribution is 2.47. The fourth-order valence-electron chi connectivity index (χ4n) is 2.28. The van der Waals surface area contributed by atoms with Gasteiger partial charge in [-0.05, 0) is 50.6 Å². The first-order chi connectivity index (χ1) is 12.3. The first kappa shape index (κ1) is 20.0. The van der Waals surface area contributed by atoms with E-state index in [-0.39, 0.29) is 18.0 Å². The van der Waals surface area contributed by atoms with Crippen molar-refractivity contribution in [1.82, 2.24) is 5.09 Å². The van der Waals surface area contributed by atoms with E-state index in [4.69, 9.17) is 9.26 Å². The van der Waals surface area contributed by atoms with Gasteiger partial charge in [0.05, 0.1) is 12.3 Å². The predicted octanol–water partition coefficient (Wildman–Crippen LogP) is 4.09. The number of nitrogens with one attached hydrogen (secondary N) is 1. The molecule has 140 valence electrons. The maximum Gasteiger partial charge on any atom is 0.323 e. The van der Waals surface area contributed by atoms with Gasteiger partial charge in [-0.1, -0.05) is 30.3 Å². The van der Waals surface area contributed by atoms with Crippen LogP contribution >= 0.6 is 7.52 Å². The number of esters is 1. The highest BCUT2D eigenvalue weighted by atomic mass is 31.2. The van der Waals surface area contributed by atoms with Crippen molar-refractivity contribution in [3.8, 4) is 11.5 Å². The number of benzene rings is 2. The Labute approximate surface area is 153 Å². The average Bonchev–Trinajstić information content (AvgIpc) is 2.57. The van der Waals surface area contributed by atoms with Crippen LogP contribution in [0.5, 0.6) is 11.5 Å². The third kappa shape index (κ3) is 6.21. The molecule has 0 fully saturated rings. The van der Waals surface area contributed by atoms with Gasteiger partial charge >= 0.3 is 13.5 Å². The second-order valence-corrected chi connectivity index (χ2v) is 8.34. The molecule has 0 bridgehead atoms. The van der Waals surface area contributed by atoms with Crippen LogP contribution in [0.15, 0.2) is 54.6 Å². The molecule has 0 aromatic heterocycles. The molecule has 0 heterocycles. The zero-order valence-corrected chi connectivity index (χ0v) is 16.0. The van der Waals surface area contributed by atoms with Gasteiger partial charge in [-0.3, -0.25) is 9.36 Å². The molecule has 0 aliphatic heterocycles. The van der Waals surface area contributed by atoms with Gasteiger partial charge in [0.2, 0.25) is 0 Å². The zero-order valence-electron chi connectivity index (χ0n) is 15.1. The van der Waals surface area contributed by atoms with Crippen molar-refractivity contribution in [2.24, 2.45) is 0 Å². The number of phenolic OH excluding ortho intramolecular Hbond substituents is 1. The van der Waals surface area contributed by atoms with Crippen molar-refractivity contribution < 1.29 is 23.7 Å². The number of para-hydroxylation sites is 1. The van der Waals surface area contributed by atoms with Crippen LogP contribution in [0.3, 0.4) is 0 Å². The van der Waals surface area contributed by atoms with E-state index in [1.54, 1.807) is 57.2 Å². The van der Waals surface area contributed by atoms with Crippen LogP contribution in [0, 0.1) is 0 Å². The molecule has 0 aliphatic rings. The molecule has 2 atom stereocenters. The van der Waals surface area contributed by atoms with E-state index in [1.807, 2.05) is 6.07 Å². The summed E-state index contributed by atoms with van der Waals surface area (Å²) in [5.41, 5.74) is 0.707. The van der Waals surface area contributed by atoms with Gasteiger partial charge in [-0.15, -0.1) is 0 Å². The fraction of sp³-hybridized carbons (Fsp3) is 0.316. The Kier molecular flexibility index (Phi) is 6.83. The van der Waals surface area contributed by atoms with Gasteiger partial charge in [0.25, 0.3) is 0 Å². The topological polar surface area (TPSA) is 84.9 Å². The minimum Gasteiger partial charge on any atom is -0.508 e. The molecule has 26 heavy (non-hydrogen) atoms. The molecule has 0 aliphatic carbocycles. The lowest BCUT2D eigenvalue weighted by Gasteiger charge is -2.24. The van der Waals surface area contributed by atoms with E-state index in [0.717, 1.165) is 0 Å². The summed E-state index contributed by atoms with van der Waals surface area (Å²) in [6.07, 6.45) is -0.208. The third-order valence-electron chi connectivity index (χ3n) is 3.42. The Morgan fingerprint density at radius 3 is 2.27 bits per heavy atom. The smallest absolute Gasteiger partial charge is 0.323 e. The number of hydrogen-bond donors (Lipinski definition) is 2. The zero-order chi connectivity index (χ0) is 19.2. The molecule has 0 saturated heterocycles. The number of rotatable bonds is 8. The molecule has 2 N–H and O–H groups in total. The van der Waals surface area contributed by atoms with Crippen molar-refractivity contribution in [2.75, 3.05) is 0 Å². The van der Waals surface area contributed by atoms with Gasteiger partial charge in [0.15, 0.2) is 0 Å². The van der Waals surface area contributed by atoms with Crippen LogP contribution < -0.4 is 9.61 Å². The molecule has 2 aromatic rings. The van der Waals surface area contributed by atoms with Crippen molar-refractivity contribution in [2.45, 2.75) is 39.1 Å². The average molecular weight is 377 g/mol. The summed E-state index contributed by atoms with van der Waals surface area (Å²) >= 11 is 0. The summed E-state index contributed by atoms with van der Waals surface area (Å²) in [5.74, 6) is 0.0588. The molecule has 2 rings (SSSR count). The Balaban J connectivity index is 2.21. The quantitative estimate of drug-likeness (QED) is 0.532. The van der Waals surface area contributed by atoms with Gasteiger partial charge in [0.1, 0.15) is 17.5 Å². The van der Waals surface area contributed by atoms with Crippen molar-refractivity contribution in [1.29, 1.82) is 0 Å². The van der Waals surface area contributed by atoms with Crippen molar-refractivity contribution in [3.63, 3.8) is 0 Å². The molecule has 0 spiro atoms. The van der Waals surface area contributed by atoms with Gasteiger partial charge in [-0.2, -0.15) is 0 Å². The summed E-state index contributed by atoms with van der Waals surface area (Å²) in [7, 11) is -3.46. The lowest BCUT2D eigenvalue weighted by atomic mass is 10.2. The van der Waals surface area contributed by atoms with E-state index in [1.165, 1.54) is 12.1 Å². The lowest BCUT2D eigenvalue weighted by molar-refractivity contribution is -0.149. The normalized spacial score (nSPS) is 14.5. The first-order valence-corrected chi connectivity index (χ1v) is 10.2. The molecular formula is C19H24NO5P. The van der Waals surface area contributed by atoms with Crippen LogP contribution in [0.1, 0.15) is 26.3 Å². The van der Waals surface area contributed by atoms with E-state index in [0.29, 0.717) is 11.3 Å². The summed E-state index contributed by atoms with van der Waals surface area (Å²) in [5, 5.41) is 12.2. The predicted molar refractivity (Wildman–Crippen MR) is 100 cm³/mol. The minimum absolute atomic E-state index is 0.0570. The molecule has 7 heteroatoms. The summed E-state index contributed by atoms with van der Waals surface area (Å²) in [6.45, 7) is 5.09. The summed E-state index contributed by atoms with van der Waals surface area (Å²) in [6, 6.07) is 14.3. The Hall–Kier alpha value is -2.30. The Morgan fingerprint density at radius 2 is 1.69 bits per heavy atom. The first-order valence-electron chi connectivity index (χ1n) is 8.37. The summed E-state index contributed by atoms with van der Waals surface area (Å²) in [4.78, 5) is 12.1. The van der Waals surface area contributed by atoms with E-state index in [2.05, 4.69) is 5.09 Å². The molecule has 0 radical (unpaired) electrons. The third-order valence-corrected chi connectivity index (χ3v) is 5.49. The molecule has 0 amide bonds. The molecule has 0 saturated carbocycles. The second-order valence-electron chi connectivity index (χ2n) is 6.24. The molecule has 6 nitrogen and oxygen atoms in total. The van der Waals surface area contributed by atoms with E-state index >= 15 is 0 Å². The van der Waals surface area contributed by atoms with Crippen LogP contribution in [0.4, 0.5) is 0 Å². The van der Waals surface area contributed by atoms with Gasteiger partial charge < -0.3 is 14.4 Å². The molecular weight excluding hydrogens is 353 g/mol. The highest BCUT2D eigenvalue weighted by molar-refractivity contribution is 7.56. The standard InChI is InChI=1S/C19H24NO5P/c1-14(2)24-19(22)15(3)20-26(23,25-18-7-5-4-6-8-18)13-16-9-11-17(21)12-10-16/h4-12,14-15,21H,13H2,1-3H3,(H,20,23)/t15-,26?/m0/s1. The van der Waals surface area contributed by atoms with Crippen LogP contribution in [-0.4, -0.2) is 23.2 Å². The van der Waals surface area contributed by atoms with Gasteiger partial charge in [0, 0.05) is 0 Å². The number of aromatic hydroxyl groups is 1. The SMILES string of the molecule is CC(C)OC(=O)[C@H](C)NP(=O)(Cc1ccc(O)cc1)Oc1ccccc1. The number of hydrogen-bond acceptors (Lipinski definition) is 5.